The number of hydrogen-bond acceptors (Lipinski definition) is 0. The predicted molar refractivity (Wildman–Crippen MR) is 50.5 cm³/mol. The highest BCUT2D eigenvalue weighted by Crippen LogP contribution is 2.08. The van der Waals surface area contributed by atoms with E-state index in [2.05, 4.69) is 50.3 Å². The van der Waals surface area contributed by atoms with Gasteiger partial charge in [0.1, 0.15) is 0 Å². The van der Waals surface area contributed by atoms with E-state index in [0.717, 1.165) is 6.42 Å². The highest BCUT2D eigenvalue weighted by Gasteiger charge is 1.88. The SMILES string of the molecule is CC/C=C/c1ccccc1C. The van der Waals surface area contributed by atoms with Crippen molar-refractivity contribution in [2.24, 2.45) is 0 Å². The Morgan fingerprint density at radius 1 is 1.27 bits per heavy atom. The predicted octanol–water partition coefficient (Wildman–Crippen LogP) is 3.42. The van der Waals surface area contributed by atoms with E-state index in [1.165, 1.54) is 11.1 Å². The van der Waals surface area contributed by atoms with E-state index in [1.807, 2.05) is 0 Å². The first-order valence-electron chi connectivity index (χ1n) is 4.06. The van der Waals surface area contributed by atoms with Gasteiger partial charge in [-0.1, -0.05) is 43.3 Å². The molecule has 0 spiro atoms. The third kappa shape index (κ3) is 2.23. The molecule has 0 N–H and O–H groups in total. The zero-order chi connectivity index (χ0) is 8.10. The lowest BCUT2D eigenvalue weighted by Crippen LogP contribution is -1.76. The summed E-state index contributed by atoms with van der Waals surface area (Å²) in [6.45, 7) is 4.28. The molecule has 0 heteroatoms. The van der Waals surface area contributed by atoms with Crippen molar-refractivity contribution in [3.63, 3.8) is 0 Å². The van der Waals surface area contributed by atoms with Crippen molar-refractivity contribution in [3.05, 3.63) is 41.5 Å². The number of aryl methyl sites for hydroxylation is 1. The molecule has 1 aromatic rings. The minimum Gasteiger partial charge on any atom is -0.0842 e. The van der Waals surface area contributed by atoms with Gasteiger partial charge in [0.15, 0.2) is 0 Å². The van der Waals surface area contributed by atoms with Crippen LogP contribution in [-0.2, 0) is 0 Å². The van der Waals surface area contributed by atoms with Gasteiger partial charge in [0.05, 0.1) is 0 Å². The molecule has 0 saturated heterocycles. The molecule has 0 radical (unpaired) electrons. The maximum atomic E-state index is 2.18. The van der Waals surface area contributed by atoms with Crippen LogP contribution >= 0.6 is 0 Å². The molecule has 0 saturated carbocycles. The minimum atomic E-state index is 1.11. The van der Waals surface area contributed by atoms with Crippen molar-refractivity contribution < 1.29 is 0 Å². The largest absolute Gasteiger partial charge is 0.0842 e. The van der Waals surface area contributed by atoms with E-state index in [-0.39, 0.29) is 0 Å². The van der Waals surface area contributed by atoms with Gasteiger partial charge < -0.3 is 0 Å². The van der Waals surface area contributed by atoms with Crippen LogP contribution in [0.15, 0.2) is 30.3 Å². The fraction of sp³-hybridized carbons (Fsp3) is 0.273. The highest BCUT2D eigenvalue weighted by molar-refractivity contribution is 5.52. The summed E-state index contributed by atoms with van der Waals surface area (Å²) in [5, 5.41) is 0. The summed E-state index contributed by atoms with van der Waals surface area (Å²) in [4.78, 5) is 0. The Morgan fingerprint density at radius 2 is 2.00 bits per heavy atom. The Morgan fingerprint density at radius 3 is 2.64 bits per heavy atom. The van der Waals surface area contributed by atoms with Gasteiger partial charge in [-0.15, -0.1) is 0 Å². The Hall–Kier alpha value is -1.04. The lowest BCUT2D eigenvalue weighted by Gasteiger charge is -1.96. The molecule has 1 rings (SSSR count). The van der Waals surface area contributed by atoms with Crippen molar-refractivity contribution in [1.82, 2.24) is 0 Å². The first-order valence-corrected chi connectivity index (χ1v) is 4.06. The van der Waals surface area contributed by atoms with Gasteiger partial charge in [0, 0.05) is 0 Å². The molecule has 0 heterocycles. The zero-order valence-corrected chi connectivity index (χ0v) is 7.17. The third-order valence-corrected chi connectivity index (χ3v) is 1.72. The molecule has 0 amide bonds. The first kappa shape index (κ1) is 8.06. The number of benzene rings is 1. The van der Waals surface area contributed by atoms with Gasteiger partial charge in [-0.3, -0.25) is 0 Å². The van der Waals surface area contributed by atoms with Crippen LogP contribution in [-0.4, -0.2) is 0 Å². The van der Waals surface area contributed by atoms with Crippen molar-refractivity contribution in [1.29, 1.82) is 0 Å². The maximum Gasteiger partial charge on any atom is -0.0231 e. The fourth-order valence-electron chi connectivity index (χ4n) is 1.02. The molecular formula is C11H14. The van der Waals surface area contributed by atoms with E-state index in [4.69, 9.17) is 0 Å². The Balaban J connectivity index is 2.86. The summed E-state index contributed by atoms with van der Waals surface area (Å²) in [6.07, 6.45) is 5.46. The van der Waals surface area contributed by atoms with E-state index in [1.54, 1.807) is 0 Å². The quantitative estimate of drug-likeness (QED) is 0.599. The first-order chi connectivity index (χ1) is 5.34. The zero-order valence-electron chi connectivity index (χ0n) is 7.17. The minimum absolute atomic E-state index is 1.11. The van der Waals surface area contributed by atoms with Crippen LogP contribution in [0.25, 0.3) is 6.08 Å². The van der Waals surface area contributed by atoms with Gasteiger partial charge in [-0.05, 0) is 24.5 Å². The van der Waals surface area contributed by atoms with E-state index >= 15 is 0 Å². The number of rotatable bonds is 2. The highest BCUT2D eigenvalue weighted by atomic mass is 13.9. The molecule has 0 unspecified atom stereocenters. The molecule has 0 aliphatic carbocycles. The topological polar surface area (TPSA) is 0 Å². The molecule has 1 aromatic carbocycles. The van der Waals surface area contributed by atoms with Crippen LogP contribution < -0.4 is 0 Å². The second kappa shape index (κ2) is 3.97. The van der Waals surface area contributed by atoms with Crippen LogP contribution in [0.1, 0.15) is 24.5 Å². The molecule has 11 heavy (non-hydrogen) atoms. The molecule has 0 aliphatic heterocycles. The second-order valence-corrected chi connectivity index (χ2v) is 2.67. The van der Waals surface area contributed by atoms with Gasteiger partial charge in [-0.2, -0.15) is 0 Å². The molecule has 0 aliphatic rings. The lowest BCUT2D eigenvalue weighted by atomic mass is 10.1. The smallest absolute Gasteiger partial charge is 0.0231 e. The van der Waals surface area contributed by atoms with Crippen molar-refractivity contribution in [2.45, 2.75) is 20.3 Å². The third-order valence-electron chi connectivity index (χ3n) is 1.72. The number of allylic oxidation sites excluding steroid dienone is 1. The molecule has 0 bridgehead atoms. The standard InChI is InChI=1S/C11H14/c1-3-4-8-11-9-6-5-7-10(11)2/h4-9H,3H2,1-2H3/b8-4+. The molecule has 0 aromatic heterocycles. The van der Waals surface area contributed by atoms with Crippen LogP contribution in [0.3, 0.4) is 0 Å². The molecule has 0 atom stereocenters. The Kier molecular flexibility index (Phi) is 2.91. The van der Waals surface area contributed by atoms with Gasteiger partial charge in [-0.25, -0.2) is 0 Å². The summed E-state index contributed by atoms with van der Waals surface area (Å²) in [6, 6.07) is 8.41. The summed E-state index contributed by atoms with van der Waals surface area (Å²) in [5.74, 6) is 0. The fourth-order valence-corrected chi connectivity index (χ4v) is 1.02. The lowest BCUT2D eigenvalue weighted by molar-refractivity contribution is 1.23. The summed E-state index contributed by atoms with van der Waals surface area (Å²) in [7, 11) is 0. The number of hydrogen-bond donors (Lipinski definition) is 0. The van der Waals surface area contributed by atoms with Crippen molar-refractivity contribution >= 4 is 6.08 Å². The van der Waals surface area contributed by atoms with Crippen molar-refractivity contribution in [2.75, 3.05) is 0 Å². The van der Waals surface area contributed by atoms with Crippen LogP contribution in [0.2, 0.25) is 0 Å². The van der Waals surface area contributed by atoms with Crippen LogP contribution in [0.5, 0.6) is 0 Å². The van der Waals surface area contributed by atoms with E-state index < -0.39 is 0 Å². The summed E-state index contributed by atoms with van der Waals surface area (Å²) < 4.78 is 0. The molecule has 0 nitrogen and oxygen atoms in total. The maximum absolute atomic E-state index is 2.18. The molecular weight excluding hydrogens is 132 g/mol. The average Bonchev–Trinajstić information content (AvgIpc) is 2.03. The molecule has 0 fully saturated rings. The summed E-state index contributed by atoms with van der Waals surface area (Å²) >= 11 is 0. The van der Waals surface area contributed by atoms with Gasteiger partial charge in [0.2, 0.25) is 0 Å². The monoisotopic (exact) mass is 146 g/mol. The summed E-state index contributed by atoms with van der Waals surface area (Å²) in [5.41, 5.74) is 2.67. The normalized spacial score (nSPS) is 10.7. The Labute approximate surface area is 68.6 Å². The Bertz CT molecular complexity index is 246. The van der Waals surface area contributed by atoms with Gasteiger partial charge in [0.25, 0.3) is 0 Å². The van der Waals surface area contributed by atoms with Gasteiger partial charge >= 0.3 is 0 Å². The van der Waals surface area contributed by atoms with Crippen molar-refractivity contribution in [3.8, 4) is 0 Å². The second-order valence-electron chi connectivity index (χ2n) is 2.67. The van der Waals surface area contributed by atoms with E-state index in [0.29, 0.717) is 0 Å². The average molecular weight is 146 g/mol. The van der Waals surface area contributed by atoms with Crippen LogP contribution in [0.4, 0.5) is 0 Å². The van der Waals surface area contributed by atoms with Crippen LogP contribution in [0, 0.1) is 6.92 Å². The molecule has 58 valence electrons. The van der Waals surface area contributed by atoms with E-state index in [9.17, 15) is 0 Å².